The second kappa shape index (κ2) is 16.1. The van der Waals surface area contributed by atoms with Crippen molar-refractivity contribution in [3.63, 3.8) is 0 Å². The van der Waals surface area contributed by atoms with E-state index in [1.165, 1.54) is 0 Å². The van der Waals surface area contributed by atoms with E-state index in [2.05, 4.69) is 6.92 Å². The SMILES string of the molecule is CCCCOC(=O)CCCSCC[C@H]1C(=O)C[C@@H](O)[C@H]1/C=C/[C@@H](O)Cc1cccc(COC)c1. The Morgan fingerprint density at radius 1 is 1.26 bits per heavy atom. The summed E-state index contributed by atoms with van der Waals surface area (Å²) in [7, 11) is 1.65. The van der Waals surface area contributed by atoms with E-state index < -0.39 is 12.2 Å². The molecule has 0 aliphatic heterocycles. The molecular weight excluding hydrogens is 452 g/mol. The largest absolute Gasteiger partial charge is 0.466 e. The summed E-state index contributed by atoms with van der Waals surface area (Å²) in [6, 6.07) is 7.91. The Bertz CT molecular complexity index is 780. The van der Waals surface area contributed by atoms with Crippen molar-refractivity contribution >= 4 is 23.5 Å². The average molecular weight is 493 g/mol. The van der Waals surface area contributed by atoms with Crippen molar-refractivity contribution in [3.8, 4) is 0 Å². The summed E-state index contributed by atoms with van der Waals surface area (Å²) < 4.78 is 10.3. The number of methoxy groups -OCH3 is 1. The van der Waals surface area contributed by atoms with Crippen LogP contribution in [0.25, 0.3) is 0 Å². The number of aliphatic hydroxyl groups excluding tert-OH is 2. The number of esters is 1. The second-order valence-corrected chi connectivity index (χ2v) is 10.1. The molecular formula is C27H40O6S. The minimum Gasteiger partial charge on any atom is -0.466 e. The fraction of sp³-hybridized carbons (Fsp3) is 0.630. The molecule has 1 fully saturated rings. The lowest BCUT2D eigenvalue weighted by Crippen LogP contribution is -2.20. The molecule has 7 heteroatoms. The van der Waals surface area contributed by atoms with Gasteiger partial charge in [-0.15, -0.1) is 0 Å². The number of ketones is 1. The molecule has 190 valence electrons. The Hall–Kier alpha value is -1.67. The summed E-state index contributed by atoms with van der Waals surface area (Å²) in [6.07, 6.45) is 6.56. The van der Waals surface area contributed by atoms with Gasteiger partial charge in [0, 0.05) is 38.2 Å². The van der Waals surface area contributed by atoms with E-state index in [0.29, 0.717) is 32.5 Å². The normalized spacial score (nSPS) is 21.3. The maximum absolute atomic E-state index is 12.4. The molecule has 0 amide bonds. The van der Waals surface area contributed by atoms with Crippen LogP contribution in [0.1, 0.15) is 56.6 Å². The van der Waals surface area contributed by atoms with Gasteiger partial charge in [-0.3, -0.25) is 9.59 Å². The van der Waals surface area contributed by atoms with Gasteiger partial charge in [-0.25, -0.2) is 0 Å². The topological polar surface area (TPSA) is 93.1 Å². The molecule has 34 heavy (non-hydrogen) atoms. The first kappa shape index (κ1) is 28.6. The minimum atomic E-state index is -0.700. The fourth-order valence-electron chi connectivity index (χ4n) is 4.20. The van der Waals surface area contributed by atoms with E-state index in [9.17, 15) is 19.8 Å². The molecule has 1 aliphatic rings. The molecule has 0 aromatic heterocycles. The van der Waals surface area contributed by atoms with Crippen molar-refractivity contribution in [2.24, 2.45) is 11.8 Å². The quantitative estimate of drug-likeness (QED) is 0.204. The molecule has 1 aliphatic carbocycles. The van der Waals surface area contributed by atoms with Gasteiger partial charge in [-0.2, -0.15) is 11.8 Å². The predicted octanol–water partition coefficient (Wildman–Crippen LogP) is 4.11. The Morgan fingerprint density at radius 3 is 2.82 bits per heavy atom. The molecule has 4 atom stereocenters. The molecule has 0 bridgehead atoms. The van der Waals surface area contributed by atoms with Crippen molar-refractivity contribution in [2.45, 2.75) is 70.7 Å². The van der Waals surface area contributed by atoms with Crippen LogP contribution in [0.5, 0.6) is 0 Å². The van der Waals surface area contributed by atoms with E-state index in [0.717, 1.165) is 41.9 Å². The standard InChI is InChI=1S/C27H40O6S/c1-3-4-13-33-27(31)9-6-14-34-15-12-24-23(25(29)18-26(24)30)11-10-22(28)17-20-7-5-8-21(16-20)19-32-2/h5,7-8,10-11,16,22-25,28-29H,3-4,6,9,12-15,17-19H2,1-2H3/b11-10+/t22-,23+,24-,25-/m1/s1. The van der Waals surface area contributed by atoms with Gasteiger partial charge >= 0.3 is 5.97 Å². The summed E-state index contributed by atoms with van der Waals surface area (Å²) in [6.45, 7) is 3.09. The van der Waals surface area contributed by atoms with Crippen molar-refractivity contribution in [1.29, 1.82) is 0 Å². The number of hydrogen-bond acceptors (Lipinski definition) is 7. The first-order chi connectivity index (χ1) is 16.4. The zero-order valence-corrected chi connectivity index (χ0v) is 21.3. The molecule has 0 saturated heterocycles. The van der Waals surface area contributed by atoms with Crippen molar-refractivity contribution < 1.29 is 29.3 Å². The molecule has 0 spiro atoms. The number of carbonyl (C=O) groups excluding carboxylic acids is 2. The third kappa shape index (κ3) is 10.3. The van der Waals surface area contributed by atoms with Crippen LogP contribution in [0.2, 0.25) is 0 Å². The van der Waals surface area contributed by atoms with E-state index >= 15 is 0 Å². The van der Waals surface area contributed by atoms with E-state index in [1.54, 1.807) is 24.9 Å². The van der Waals surface area contributed by atoms with E-state index in [1.807, 2.05) is 30.3 Å². The molecule has 1 aromatic rings. The number of Topliss-reactive ketones (excluding diaryl/α,β-unsaturated/α-hetero) is 1. The molecule has 0 heterocycles. The highest BCUT2D eigenvalue weighted by atomic mass is 32.2. The van der Waals surface area contributed by atoms with Crippen LogP contribution in [0, 0.1) is 11.8 Å². The number of aliphatic hydroxyl groups is 2. The Labute approximate surface area is 208 Å². The van der Waals surface area contributed by atoms with Gasteiger partial charge in [0.05, 0.1) is 25.4 Å². The maximum atomic E-state index is 12.4. The lowest BCUT2D eigenvalue weighted by Gasteiger charge is -2.18. The monoisotopic (exact) mass is 492 g/mol. The van der Waals surface area contributed by atoms with Gasteiger partial charge in [0.1, 0.15) is 5.78 Å². The van der Waals surface area contributed by atoms with Gasteiger partial charge < -0.3 is 19.7 Å². The summed E-state index contributed by atoms with van der Waals surface area (Å²) in [5.41, 5.74) is 2.07. The zero-order chi connectivity index (χ0) is 24.8. The number of rotatable bonds is 16. The van der Waals surface area contributed by atoms with Gasteiger partial charge in [-0.1, -0.05) is 49.8 Å². The van der Waals surface area contributed by atoms with Crippen molar-refractivity contribution in [3.05, 3.63) is 47.5 Å². The number of unbranched alkanes of at least 4 members (excludes halogenated alkanes) is 1. The lowest BCUT2D eigenvalue weighted by molar-refractivity contribution is -0.143. The summed E-state index contributed by atoms with van der Waals surface area (Å²) in [5, 5.41) is 20.9. The number of benzene rings is 1. The highest BCUT2D eigenvalue weighted by Crippen LogP contribution is 2.34. The van der Waals surface area contributed by atoms with Crippen molar-refractivity contribution in [1.82, 2.24) is 0 Å². The zero-order valence-electron chi connectivity index (χ0n) is 20.5. The van der Waals surface area contributed by atoms with Crippen LogP contribution in [0.15, 0.2) is 36.4 Å². The molecule has 6 nitrogen and oxygen atoms in total. The minimum absolute atomic E-state index is 0.0870. The van der Waals surface area contributed by atoms with Gasteiger partial charge in [0.2, 0.25) is 0 Å². The second-order valence-electron chi connectivity index (χ2n) is 8.91. The van der Waals surface area contributed by atoms with Crippen LogP contribution < -0.4 is 0 Å². The van der Waals surface area contributed by atoms with Gasteiger partial charge in [0.15, 0.2) is 0 Å². The molecule has 1 aromatic carbocycles. The summed E-state index contributed by atoms with van der Waals surface area (Å²) >= 11 is 1.72. The molecule has 0 radical (unpaired) electrons. The molecule has 1 saturated carbocycles. The number of hydrogen-bond donors (Lipinski definition) is 2. The van der Waals surface area contributed by atoms with Gasteiger partial charge in [0.25, 0.3) is 0 Å². The van der Waals surface area contributed by atoms with Crippen LogP contribution in [0.4, 0.5) is 0 Å². The first-order valence-electron chi connectivity index (χ1n) is 12.3. The number of carbonyl (C=O) groups is 2. The molecule has 2 N–H and O–H groups in total. The first-order valence-corrected chi connectivity index (χ1v) is 13.5. The van der Waals surface area contributed by atoms with Crippen molar-refractivity contribution in [2.75, 3.05) is 25.2 Å². The van der Waals surface area contributed by atoms with E-state index in [-0.39, 0.29) is 30.0 Å². The van der Waals surface area contributed by atoms with Crippen LogP contribution >= 0.6 is 11.8 Å². The smallest absolute Gasteiger partial charge is 0.305 e. The average Bonchev–Trinajstić information content (AvgIpc) is 3.07. The lowest BCUT2D eigenvalue weighted by atomic mass is 9.91. The maximum Gasteiger partial charge on any atom is 0.305 e. The van der Waals surface area contributed by atoms with E-state index in [4.69, 9.17) is 9.47 Å². The third-order valence-corrected chi connectivity index (χ3v) is 7.14. The molecule has 0 unspecified atom stereocenters. The predicted molar refractivity (Wildman–Crippen MR) is 136 cm³/mol. The fourth-order valence-corrected chi connectivity index (χ4v) is 5.18. The van der Waals surface area contributed by atoms with Crippen LogP contribution in [-0.2, 0) is 32.1 Å². The number of ether oxygens (including phenoxy) is 2. The number of thioether (sulfide) groups is 1. The highest BCUT2D eigenvalue weighted by Gasteiger charge is 2.39. The summed E-state index contributed by atoms with van der Waals surface area (Å²) in [5.74, 6) is 1.09. The molecule has 2 rings (SSSR count). The van der Waals surface area contributed by atoms with Crippen LogP contribution in [0.3, 0.4) is 0 Å². The third-order valence-electron chi connectivity index (χ3n) is 6.04. The van der Waals surface area contributed by atoms with Crippen LogP contribution in [-0.4, -0.2) is 59.4 Å². The summed E-state index contributed by atoms with van der Waals surface area (Å²) in [4.78, 5) is 24.1. The highest BCUT2D eigenvalue weighted by molar-refractivity contribution is 7.99. The Morgan fingerprint density at radius 2 is 2.06 bits per heavy atom. The van der Waals surface area contributed by atoms with Gasteiger partial charge in [-0.05, 0) is 41.9 Å². The Kier molecular flexibility index (Phi) is 13.5. The Balaban J connectivity index is 1.75.